The number of amides is 3. The Kier molecular flexibility index (Phi) is 7.43. The summed E-state index contributed by atoms with van der Waals surface area (Å²) in [5.41, 5.74) is 0.726. The van der Waals surface area contributed by atoms with Gasteiger partial charge in [0.25, 0.3) is 0 Å². The first kappa shape index (κ1) is 21.4. The molecule has 0 unspecified atom stereocenters. The zero-order valence-electron chi connectivity index (χ0n) is 17.5. The van der Waals surface area contributed by atoms with Gasteiger partial charge >= 0.3 is 6.03 Å². The number of aromatic nitrogens is 1. The number of aryl methyl sites for hydroxylation is 1. The van der Waals surface area contributed by atoms with Crippen molar-refractivity contribution in [3.8, 4) is 0 Å². The Morgan fingerprint density at radius 3 is 2.60 bits per heavy atom. The zero-order valence-corrected chi connectivity index (χ0v) is 17.5. The number of nitrogens with zero attached hydrogens (tertiary/aromatic N) is 2. The van der Waals surface area contributed by atoms with Crippen LogP contribution in [-0.2, 0) is 4.79 Å². The summed E-state index contributed by atoms with van der Waals surface area (Å²) in [6.07, 6.45) is 4.06. The molecule has 158 valence electrons. The summed E-state index contributed by atoms with van der Waals surface area (Å²) in [4.78, 5) is 27.0. The number of hydrogen-bond acceptors (Lipinski definition) is 4. The van der Waals surface area contributed by atoms with E-state index < -0.39 is 0 Å². The lowest BCUT2D eigenvalue weighted by Crippen LogP contribution is -2.41. The van der Waals surface area contributed by atoms with Crippen molar-refractivity contribution < 1.29 is 14.1 Å². The lowest BCUT2D eigenvalue weighted by Gasteiger charge is -2.23. The van der Waals surface area contributed by atoms with Crippen LogP contribution in [0.3, 0.4) is 0 Å². The van der Waals surface area contributed by atoms with Gasteiger partial charge in [0.05, 0.1) is 5.69 Å². The van der Waals surface area contributed by atoms with Crippen molar-refractivity contribution in [2.75, 3.05) is 23.7 Å². The first-order valence-electron chi connectivity index (χ1n) is 10.3. The smallest absolute Gasteiger partial charge is 0.322 e. The Hall–Kier alpha value is -3.35. The number of carbonyl (C=O) groups is 2. The van der Waals surface area contributed by atoms with Gasteiger partial charge in [-0.2, -0.15) is 0 Å². The third-order valence-electron chi connectivity index (χ3n) is 4.83. The molecule has 7 nitrogen and oxygen atoms in total. The molecule has 30 heavy (non-hydrogen) atoms. The molecule has 0 saturated carbocycles. The molecule has 1 heterocycles. The quantitative estimate of drug-likeness (QED) is 0.477. The second-order valence-corrected chi connectivity index (χ2v) is 7.31. The fourth-order valence-corrected chi connectivity index (χ4v) is 3.29. The molecule has 0 bridgehead atoms. The van der Waals surface area contributed by atoms with Gasteiger partial charge in [-0.25, -0.2) is 4.79 Å². The molecule has 7 heteroatoms. The predicted molar refractivity (Wildman–Crippen MR) is 119 cm³/mol. The highest BCUT2D eigenvalue weighted by molar-refractivity contribution is 6.02. The van der Waals surface area contributed by atoms with Crippen LogP contribution in [-0.4, -0.2) is 35.1 Å². The van der Waals surface area contributed by atoms with Crippen LogP contribution >= 0.6 is 0 Å². The monoisotopic (exact) mass is 408 g/mol. The highest BCUT2D eigenvalue weighted by atomic mass is 16.5. The molecule has 2 aromatic carbocycles. The Bertz CT molecular complexity index is 994. The molecule has 0 aliphatic carbocycles. The fraction of sp³-hybridized carbons (Fsp3) is 0.348. The molecule has 1 aromatic heterocycles. The number of rotatable bonds is 9. The third-order valence-corrected chi connectivity index (χ3v) is 4.83. The van der Waals surface area contributed by atoms with Crippen molar-refractivity contribution in [3.63, 3.8) is 0 Å². The molecule has 3 aromatic rings. The molecule has 0 fully saturated rings. The number of hydrogen-bond donors (Lipinski definition) is 2. The maximum atomic E-state index is 13.0. The number of urea groups is 1. The summed E-state index contributed by atoms with van der Waals surface area (Å²) in [6, 6.07) is 15.0. The number of anilines is 2. The zero-order chi connectivity index (χ0) is 21.3. The number of nitrogens with one attached hydrogen (secondary N) is 2. The first-order valence-corrected chi connectivity index (χ1v) is 10.3. The Balaban J connectivity index is 1.69. The van der Waals surface area contributed by atoms with Crippen LogP contribution in [0.2, 0.25) is 0 Å². The van der Waals surface area contributed by atoms with Crippen molar-refractivity contribution in [2.24, 2.45) is 0 Å². The summed E-state index contributed by atoms with van der Waals surface area (Å²) in [7, 11) is 0. The maximum Gasteiger partial charge on any atom is 0.322 e. The summed E-state index contributed by atoms with van der Waals surface area (Å²) >= 11 is 0. The van der Waals surface area contributed by atoms with Gasteiger partial charge in [-0.15, -0.1) is 0 Å². The summed E-state index contributed by atoms with van der Waals surface area (Å²) in [5.74, 6) is 0.639. The van der Waals surface area contributed by atoms with Gasteiger partial charge in [-0.1, -0.05) is 67.7 Å². The van der Waals surface area contributed by atoms with Gasteiger partial charge in [-0.05, 0) is 24.8 Å². The van der Waals surface area contributed by atoms with Crippen molar-refractivity contribution in [2.45, 2.75) is 39.5 Å². The molecular formula is C23H28N4O3. The van der Waals surface area contributed by atoms with Crippen molar-refractivity contribution in [1.29, 1.82) is 0 Å². The molecule has 2 N–H and O–H groups in total. The lowest BCUT2D eigenvalue weighted by atomic mass is 10.1. The van der Waals surface area contributed by atoms with E-state index in [-0.39, 0.29) is 18.5 Å². The van der Waals surface area contributed by atoms with Crippen molar-refractivity contribution in [3.05, 3.63) is 54.3 Å². The van der Waals surface area contributed by atoms with Gasteiger partial charge in [0.2, 0.25) is 5.91 Å². The topological polar surface area (TPSA) is 87.5 Å². The van der Waals surface area contributed by atoms with E-state index in [1.54, 1.807) is 17.9 Å². The minimum absolute atomic E-state index is 0.0609. The van der Waals surface area contributed by atoms with Gasteiger partial charge in [0.15, 0.2) is 5.82 Å². The molecule has 0 aliphatic heterocycles. The Labute approximate surface area is 176 Å². The van der Waals surface area contributed by atoms with E-state index in [2.05, 4.69) is 22.7 Å². The second kappa shape index (κ2) is 10.4. The van der Waals surface area contributed by atoms with Crippen LogP contribution in [0.15, 0.2) is 53.1 Å². The molecule has 0 radical (unpaired) electrons. The van der Waals surface area contributed by atoms with Crippen LogP contribution in [0.4, 0.5) is 16.3 Å². The standard InChI is InChI=1S/C23H28N4O3/c1-3-4-5-8-14-27(16-22(28)25-21-15-17(2)30-26-21)23(29)24-20-13-9-11-18-10-6-7-12-19(18)20/h6-7,9-13,15H,3-5,8,14,16H2,1-2H3,(H,24,29)(H,25,26,28). The number of unbranched alkanes of at least 4 members (excludes halogenated alkanes) is 3. The van der Waals surface area contributed by atoms with E-state index in [1.807, 2.05) is 42.5 Å². The van der Waals surface area contributed by atoms with Crippen LogP contribution in [0.25, 0.3) is 10.8 Å². The van der Waals surface area contributed by atoms with Gasteiger partial charge in [-0.3, -0.25) is 4.79 Å². The normalized spacial score (nSPS) is 10.7. The minimum Gasteiger partial charge on any atom is -0.360 e. The number of fused-ring (bicyclic) bond motifs is 1. The highest BCUT2D eigenvalue weighted by Crippen LogP contribution is 2.23. The van der Waals surface area contributed by atoms with E-state index in [0.29, 0.717) is 18.1 Å². The van der Waals surface area contributed by atoms with E-state index in [4.69, 9.17) is 4.52 Å². The molecule has 0 spiro atoms. The van der Waals surface area contributed by atoms with Crippen LogP contribution in [0.1, 0.15) is 38.4 Å². The molecule has 3 amide bonds. The minimum atomic E-state index is -0.313. The second-order valence-electron chi connectivity index (χ2n) is 7.31. The van der Waals surface area contributed by atoms with Gasteiger partial charge in [0.1, 0.15) is 12.3 Å². The van der Waals surface area contributed by atoms with Crippen LogP contribution in [0, 0.1) is 6.92 Å². The average molecular weight is 409 g/mol. The molecule has 0 atom stereocenters. The van der Waals surface area contributed by atoms with Crippen LogP contribution in [0.5, 0.6) is 0 Å². The predicted octanol–water partition coefficient (Wildman–Crippen LogP) is 5.19. The van der Waals surface area contributed by atoms with Crippen molar-refractivity contribution in [1.82, 2.24) is 10.1 Å². The SMILES string of the molecule is CCCCCCN(CC(=O)Nc1cc(C)on1)C(=O)Nc1cccc2ccccc12. The molecule has 0 saturated heterocycles. The highest BCUT2D eigenvalue weighted by Gasteiger charge is 2.18. The number of benzene rings is 2. The van der Waals surface area contributed by atoms with Gasteiger partial charge < -0.3 is 20.1 Å². The average Bonchev–Trinajstić information content (AvgIpc) is 3.15. The van der Waals surface area contributed by atoms with Gasteiger partial charge in [0, 0.05) is 18.0 Å². The first-order chi connectivity index (χ1) is 14.6. The summed E-state index contributed by atoms with van der Waals surface area (Å²) in [5, 5.41) is 11.4. The summed E-state index contributed by atoms with van der Waals surface area (Å²) in [6.45, 7) is 4.33. The van der Waals surface area contributed by atoms with E-state index in [9.17, 15) is 9.59 Å². The molecule has 0 aliphatic rings. The summed E-state index contributed by atoms with van der Waals surface area (Å²) < 4.78 is 4.97. The third kappa shape index (κ3) is 5.83. The maximum absolute atomic E-state index is 13.0. The van der Waals surface area contributed by atoms with E-state index in [1.165, 1.54) is 0 Å². The Morgan fingerprint density at radius 1 is 1.03 bits per heavy atom. The van der Waals surface area contributed by atoms with Crippen molar-refractivity contribution >= 4 is 34.2 Å². The Morgan fingerprint density at radius 2 is 1.83 bits per heavy atom. The van der Waals surface area contributed by atoms with E-state index in [0.717, 1.165) is 42.1 Å². The number of carbonyl (C=O) groups excluding carboxylic acids is 2. The lowest BCUT2D eigenvalue weighted by molar-refractivity contribution is -0.116. The van der Waals surface area contributed by atoms with Crippen LogP contribution < -0.4 is 10.6 Å². The molecule has 3 rings (SSSR count). The largest absolute Gasteiger partial charge is 0.360 e. The fourth-order valence-electron chi connectivity index (χ4n) is 3.29. The molecular weight excluding hydrogens is 380 g/mol. The van der Waals surface area contributed by atoms with E-state index >= 15 is 0 Å².